The zero-order valence-corrected chi connectivity index (χ0v) is 15.4. The van der Waals surface area contributed by atoms with E-state index in [1.165, 1.54) is 5.56 Å². The topological polar surface area (TPSA) is 43.6 Å². The van der Waals surface area contributed by atoms with Gasteiger partial charge in [0.25, 0.3) is 0 Å². The van der Waals surface area contributed by atoms with Gasteiger partial charge >= 0.3 is 0 Å². The van der Waals surface area contributed by atoms with Crippen LogP contribution in [0.3, 0.4) is 0 Å². The lowest BCUT2D eigenvalue weighted by Crippen LogP contribution is -1.98. The second-order valence-corrected chi connectivity index (χ2v) is 6.81. The Morgan fingerprint density at radius 2 is 1.43 bits per heavy atom. The minimum absolute atomic E-state index is 0.925. The van der Waals surface area contributed by atoms with E-state index in [2.05, 4.69) is 82.1 Å². The van der Waals surface area contributed by atoms with Crippen LogP contribution in [0.15, 0.2) is 91.5 Å². The van der Waals surface area contributed by atoms with Crippen LogP contribution in [0.4, 0.5) is 0 Å². The second kappa shape index (κ2) is 6.74. The van der Waals surface area contributed by atoms with E-state index in [0.29, 0.717) is 0 Å². The van der Waals surface area contributed by atoms with Crippen LogP contribution in [-0.4, -0.2) is 19.5 Å². The Morgan fingerprint density at radius 3 is 2.25 bits per heavy atom. The molecule has 28 heavy (non-hydrogen) atoms. The first-order chi connectivity index (χ1) is 13.8. The summed E-state index contributed by atoms with van der Waals surface area (Å²) >= 11 is 0. The monoisotopic (exact) mass is 362 g/mol. The van der Waals surface area contributed by atoms with Crippen molar-refractivity contribution in [3.8, 4) is 28.2 Å². The van der Waals surface area contributed by atoms with Crippen molar-refractivity contribution in [2.45, 2.75) is 6.92 Å². The van der Waals surface area contributed by atoms with Crippen molar-refractivity contribution in [2.24, 2.45) is 0 Å². The van der Waals surface area contributed by atoms with Gasteiger partial charge in [-0.25, -0.2) is 15.0 Å². The second-order valence-electron chi connectivity index (χ2n) is 6.81. The Kier molecular flexibility index (Phi) is 3.95. The van der Waals surface area contributed by atoms with E-state index in [0.717, 1.165) is 39.2 Å². The Morgan fingerprint density at radius 1 is 0.714 bits per heavy atom. The highest BCUT2D eigenvalue weighted by Crippen LogP contribution is 2.31. The summed E-state index contributed by atoms with van der Waals surface area (Å²) in [5.74, 6) is 0.925. The van der Waals surface area contributed by atoms with E-state index < -0.39 is 0 Å². The highest BCUT2D eigenvalue weighted by Gasteiger charge is 2.15. The van der Waals surface area contributed by atoms with Gasteiger partial charge in [-0.15, -0.1) is 0 Å². The summed E-state index contributed by atoms with van der Waals surface area (Å²) in [5.41, 5.74) is 7.48. The Labute approximate surface area is 163 Å². The lowest BCUT2D eigenvalue weighted by molar-refractivity contribution is 1.10. The van der Waals surface area contributed by atoms with Crippen molar-refractivity contribution in [1.29, 1.82) is 0 Å². The van der Waals surface area contributed by atoms with Crippen molar-refractivity contribution in [3.63, 3.8) is 0 Å². The Balaban J connectivity index is 1.78. The molecule has 0 bridgehead atoms. The van der Waals surface area contributed by atoms with Crippen LogP contribution in [0.1, 0.15) is 5.56 Å². The van der Waals surface area contributed by atoms with E-state index in [-0.39, 0.29) is 0 Å². The standard InChI is InChI=1S/C24H18N4/c1-17-11-18(20-14-25-16-26-15-20)13-19(12-17)24-27-22-9-5-6-10-23(22)28(24)21-7-3-2-4-8-21/h2-16H,1H3. The number of hydrogen-bond acceptors (Lipinski definition) is 3. The molecule has 4 nitrogen and oxygen atoms in total. The third-order valence-electron chi connectivity index (χ3n) is 4.80. The molecule has 134 valence electrons. The minimum atomic E-state index is 0.925. The predicted octanol–water partition coefficient (Wildman–Crippen LogP) is 5.46. The van der Waals surface area contributed by atoms with Gasteiger partial charge in [-0.2, -0.15) is 0 Å². The van der Waals surface area contributed by atoms with Gasteiger partial charge < -0.3 is 0 Å². The van der Waals surface area contributed by atoms with Crippen molar-refractivity contribution >= 4 is 11.0 Å². The predicted molar refractivity (Wildman–Crippen MR) is 112 cm³/mol. The van der Waals surface area contributed by atoms with Crippen LogP contribution in [0.25, 0.3) is 39.2 Å². The maximum absolute atomic E-state index is 4.97. The molecule has 0 N–H and O–H groups in total. The van der Waals surface area contributed by atoms with Crippen molar-refractivity contribution in [3.05, 3.63) is 97.1 Å². The lowest BCUT2D eigenvalue weighted by atomic mass is 10.0. The number of fused-ring (bicyclic) bond motifs is 1. The van der Waals surface area contributed by atoms with Gasteiger partial charge in [-0.1, -0.05) is 36.4 Å². The number of hydrogen-bond donors (Lipinski definition) is 0. The van der Waals surface area contributed by atoms with E-state index in [1.807, 2.05) is 24.5 Å². The van der Waals surface area contributed by atoms with Crippen LogP contribution in [-0.2, 0) is 0 Å². The minimum Gasteiger partial charge on any atom is -0.292 e. The normalized spacial score (nSPS) is 11.0. The van der Waals surface area contributed by atoms with Gasteiger partial charge in [0.2, 0.25) is 0 Å². The molecule has 0 spiro atoms. The summed E-state index contributed by atoms with van der Waals surface area (Å²) < 4.78 is 2.22. The number of imidazole rings is 1. The molecule has 0 fully saturated rings. The number of para-hydroxylation sites is 3. The number of aromatic nitrogens is 4. The summed E-state index contributed by atoms with van der Waals surface area (Å²) in [4.78, 5) is 13.3. The molecule has 3 aromatic carbocycles. The average molecular weight is 362 g/mol. The van der Waals surface area contributed by atoms with Gasteiger partial charge in [0.05, 0.1) is 11.0 Å². The number of aryl methyl sites for hydroxylation is 1. The van der Waals surface area contributed by atoms with E-state index >= 15 is 0 Å². The molecular formula is C24H18N4. The molecule has 2 aromatic heterocycles. The molecule has 0 saturated heterocycles. The Hall–Kier alpha value is -3.79. The van der Waals surface area contributed by atoms with E-state index in [1.54, 1.807) is 6.33 Å². The zero-order chi connectivity index (χ0) is 18.9. The molecule has 0 aliphatic heterocycles. The van der Waals surface area contributed by atoms with Gasteiger partial charge in [0, 0.05) is 29.2 Å². The molecule has 0 unspecified atom stereocenters. The largest absolute Gasteiger partial charge is 0.292 e. The molecular weight excluding hydrogens is 344 g/mol. The van der Waals surface area contributed by atoms with E-state index in [9.17, 15) is 0 Å². The van der Waals surface area contributed by atoms with Crippen molar-refractivity contribution in [2.75, 3.05) is 0 Å². The van der Waals surface area contributed by atoms with Gasteiger partial charge in [0.15, 0.2) is 0 Å². The fourth-order valence-corrected chi connectivity index (χ4v) is 3.59. The van der Waals surface area contributed by atoms with E-state index in [4.69, 9.17) is 4.98 Å². The zero-order valence-electron chi connectivity index (χ0n) is 15.4. The highest BCUT2D eigenvalue weighted by atomic mass is 15.1. The third-order valence-corrected chi connectivity index (χ3v) is 4.80. The molecule has 0 radical (unpaired) electrons. The smallest absolute Gasteiger partial charge is 0.145 e. The first-order valence-electron chi connectivity index (χ1n) is 9.20. The van der Waals surface area contributed by atoms with Crippen LogP contribution >= 0.6 is 0 Å². The molecule has 5 aromatic rings. The molecule has 4 heteroatoms. The summed E-state index contributed by atoms with van der Waals surface area (Å²) in [6.07, 6.45) is 5.23. The van der Waals surface area contributed by atoms with Crippen LogP contribution in [0.2, 0.25) is 0 Å². The maximum atomic E-state index is 4.97. The first-order valence-corrected chi connectivity index (χ1v) is 9.20. The average Bonchev–Trinajstić information content (AvgIpc) is 3.14. The van der Waals surface area contributed by atoms with Gasteiger partial charge in [-0.05, 0) is 54.4 Å². The molecule has 0 saturated carbocycles. The van der Waals surface area contributed by atoms with Crippen LogP contribution in [0.5, 0.6) is 0 Å². The molecule has 0 aliphatic rings. The number of rotatable bonds is 3. The molecule has 2 heterocycles. The number of nitrogens with zero attached hydrogens (tertiary/aromatic N) is 4. The quantitative estimate of drug-likeness (QED) is 0.428. The molecule has 0 atom stereocenters. The number of benzene rings is 3. The van der Waals surface area contributed by atoms with Crippen LogP contribution in [0, 0.1) is 6.92 Å². The SMILES string of the molecule is Cc1cc(-c2cncnc2)cc(-c2nc3ccccc3n2-c2ccccc2)c1. The molecule has 0 amide bonds. The lowest BCUT2D eigenvalue weighted by Gasteiger charge is -2.11. The summed E-state index contributed by atoms with van der Waals surface area (Å²) in [6, 6.07) is 25.1. The van der Waals surface area contributed by atoms with Crippen molar-refractivity contribution in [1.82, 2.24) is 19.5 Å². The fraction of sp³-hybridized carbons (Fsp3) is 0.0417. The van der Waals surface area contributed by atoms with Gasteiger partial charge in [0.1, 0.15) is 12.2 Å². The highest BCUT2D eigenvalue weighted by molar-refractivity contribution is 5.84. The third kappa shape index (κ3) is 2.85. The molecule has 0 aliphatic carbocycles. The summed E-state index contributed by atoms with van der Waals surface area (Å²) in [5, 5.41) is 0. The first kappa shape index (κ1) is 16.4. The fourth-order valence-electron chi connectivity index (χ4n) is 3.59. The summed E-state index contributed by atoms with van der Waals surface area (Å²) in [7, 11) is 0. The van der Waals surface area contributed by atoms with Crippen molar-refractivity contribution < 1.29 is 0 Å². The van der Waals surface area contributed by atoms with Crippen LogP contribution < -0.4 is 0 Å². The Bertz CT molecular complexity index is 1260. The van der Waals surface area contributed by atoms with Gasteiger partial charge in [-0.3, -0.25) is 4.57 Å². The summed E-state index contributed by atoms with van der Waals surface area (Å²) in [6.45, 7) is 2.10. The molecule has 5 rings (SSSR count). The maximum Gasteiger partial charge on any atom is 0.145 e.